The Kier molecular flexibility index (Phi) is 2.32. The van der Waals surface area contributed by atoms with Crippen LogP contribution in [0.1, 0.15) is 0 Å². The van der Waals surface area contributed by atoms with Gasteiger partial charge in [0, 0.05) is 0 Å². The van der Waals surface area contributed by atoms with Crippen LogP contribution in [-0.4, -0.2) is 11.6 Å². The fourth-order valence-corrected chi connectivity index (χ4v) is 0.185. The van der Waals surface area contributed by atoms with Crippen LogP contribution in [0.5, 0.6) is 0 Å². The molecule has 5 heteroatoms. The minimum absolute atomic E-state index is 0.919. The van der Waals surface area contributed by atoms with E-state index in [2.05, 4.69) is 17.3 Å². The molecule has 0 saturated heterocycles. The standard InChI is InChI=1S/C4H9N3O2/c1-2-4(5,6)3(8)9-7/h2H,1,5-7H2. The van der Waals surface area contributed by atoms with Crippen LogP contribution in [0.4, 0.5) is 0 Å². The number of carbonyl (C=O) groups excluding carboxylic acids is 1. The Balaban J connectivity index is 4.14. The van der Waals surface area contributed by atoms with Gasteiger partial charge in [-0.25, -0.2) is 4.79 Å². The fourth-order valence-electron chi connectivity index (χ4n) is 0.185. The normalized spacial score (nSPS) is 10.6. The maximum absolute atomic E-state index is 10.4. The second kappa shape index (κ2) is 2.58. The molecule has 0 aliphatic carbocycles. The lowest BCUT2D eigenvalue weighted by atomic mass is 10.2. The van der Waals surface area contributed by atoms with Gasteiger partial charge in [0.05, 0.1) is 0 Å². The van der Waals surface area contributed by atoms with Gasteiger partial charge in [0.2, 0.25) is 0 Å². The van der Waals surface area contributed by atoms with Gasteiger partial charge >= 0.3 is 5.97 Å². The highest BCUT2D eigenvalue weighted by Crippen LogP contribution is 1.91. The van der Waals surface area contributed by atoms with E-state index in [0.29, 0.717) is 0 Å². The average molecular weight is 131 g/mol. The minimum atomic E-state index is -1.67. The Labute approximate surface area is 52.4 Å². The molecule has 0 rings (SSSR count). The summed E-state index contributed by atoms with van der Waals surface area (Å²) in [5, 5.41) is 0. The zero-order valence-electron chi connectivity index (χ0n) is 4.83. The molecular formula is C4H9N3O2. The molecule has 0 aliphatic rings. The van der Waals surface area contributed by atoms with Crippen molar-refractivity contribution in [2.75, 3.05) is 0 Å². The van der Waals surface area contributed by atoms with Crippen molar-refractivity contribution >= 4 is 5.97 Å². The summed E-state index contributed by atoms with van der Waals surface area (Å²) in [6.45, 7) is 3.20. The molecule has 0 fully saturated rings. The SMILES string of the molecule is C=CC(N)(N)C(=O)ON. The van der Waals surface area contributed by atoms with E-state index < -0.39 is 11.6 Å². The van der Waals surface area contributed by atoms with Gasteiger partial charge in [-0.3, -0.25) is 0 Å². The molecule has 0 saturated carbocycles. The van der Waals surface area contributed by atoms with Crippen molar-refractivity contribution in [3.05, 3.63) is 12.7 Å². The van der Waals surface area contributed by atoms with Crippen LogP contribution in [0, 0.1) is 0 Å². The summed E-state index contributed by atoms with van der Waals surface area (Å²) in [5.74, 6) is 3.56. The average Bonchev–Trinajstić information content (AvgIpc) is 1.86. The maximum Gasteiger partial charge on any atom is 0.363 e. The van der Waals surface area contributed by atoms with Crippen molar-refractivity contribution in [1.82, 2.24) is 0 Å². The van der Waals surface area contributed by atoms with E-state index in [1.807, 2.05) is 0 Å². The van der Waals surface area contributed by atoms with Gasteiger partial charge in [-0.05, 0) is 6.08 Å². The molecule has 0 radical (unpaired) electrons. The molecular weight excluding hydrogens is 122 g/mol. The molecule has 0 aromatic rings. The number of nitrogens with two attached hydrogens (primary N) is 3. The lowest BCUT2D eigenvalue weighted by molar-refractivity contribution is -0.148. The Bertz CT molecular complexity index is 132. The fraction of sp³-hybridized carbons (Fsp3) is 0.250. The van der Waals surface area contributed by atoms with E-state index in [1.165, 1.54) is 0 Å². The summed E-state index contributed by atoms with van der Waals surface area (Å²) in [6.07, 6.45) is 1.04. The summed E-state index contributed by atoms with van der Waals surface area (Å²) in [5.41, 5.74) is 8.48. The van der Waals surface area contributed by atoms with Crippen molar-refractivity contribution in [2.24, 2.45) is 17.4 Å². The molecule has 0 spiro atoms. The Morgan fingerprint density at radius 1 is 1.67 bits per heavy atom. The van der Waals surface area contributed by atoms with E-state index in [9.17, 15) is 4.79 Å². The van der Waals surface area contributed by atoms with Gasteiger partial charge in [0.1, 0.15) is 0 Å². The Hall–Kier alpha value is -0.910. The summed E-state index contributed by atoms with van der Waals surface area (Å²) >= 11 is 0. The summed E-state index contributed by atoms with van der Waals surface area (Å²) in [7, 11) is 0. The first-order valence-corrected chi connectivity index (χ1v) is 2.17. The first-order chi connectivity index (χ1) is 4.04. The third-order valence-corrected chi connectivity index (χ3v) is 0.798. The van der Waals surface area contributed by atoms with E-state index in [0.717, 1.165) is 6.08 Å². The zero-order chi connectivity index (χ0) is 7.49. The van der Waals surface area contributed by atoms with Crippen LogP contribution >= 0.6 is 0 Å². The Morgan fingerprint density at radius 2 is 2.11 bits per heavy atom. The third kappa shape index (κ3) is 1.80. The van der Waals surface area contributed by atoms with Gasteiger partial charge in [-0.15, -0.1) is 0 Å². The molecule has 9 heavy (non-hydrogen) atoms. The predicted molar refractivity (Wildman–Crippen MR) is 31.6 cm³/mol. The molecule has 0 aliphatic heterocycles. The van der Waals surface area contributed by atoms with Gasteiger partial charge < -0.3 is 16.3 Å². The van der Waals surface area contributed by atoms with Crippen LogP contribution < -0.4 is 17.4 Å². The second-order valence-corrected chi connectivity index (χ2v) is 1.54. The predicted octanol–water partition coefficient (Wildman–Crippen LogP) is -1.80. The largest absolute Gasteiger partial charge is 0.371 e. The van der Waals surface area contributed by atoms with Crippen LogP contribution in [0.3, 0.4) is 0 Å². The smallest absolute Gasteiger partial charge is 0.363 e. The van der Waals surface area contributed by atoms with Crippen molar-refractivity contribution in [3.8, 4) is 0 Å². The summed E-state index contributed by atoms with van der Waals surface area (Å²) < 4.78 is 0. The lowest BCUT2D eigenvalue weighted by Gasteiger charge is -2.14. The zero-order valence-corrected chi connectivity index (χ0v) is 4.83. The van der Waals surface area contributed by atoms with E-state index in [-0.39, 0.29) is 0 Å². The van der Waals surface area contributed by atoms with Crippen LogP contribution in [0.2, 0.25) is 0 Å². The monoisotopic (exact) mass is 131 g/mol. The van der Waals surface area contributed by atoms with E-state index in [4.69, 9.17) is 11.5 Å². The molecule has 0 unspecified atom stereocenters. The van der Waals surface area contributed by atoms with Crippen LogP contribution in [-0.2, 0) is 9.63 Å². The Morgan fingerprint density at radius 3 is 2.22 bits per heavy atom. The van der Waals surface area contributed by atoms with Crippen molar-refractivity contribution in [1.29, 1.82) is 0 Å². The molecule has 52 valence electrons. The van der Waals surface area contributed by atoms with Crippen LogP contribution in [0.15, 0.2) is 12.7 Å². The molecule has 0 atom stereocenters. The third-order valence-electron chi connectivity index (χ3n) is 0.798. The quantitative estimate of drug-likeness (QED) is 0.233. The molecule has 5 nitrogen and oxygen atoms in total. The lowest BCUT2D eigenvalue weighted by Crippen LogP contribution is -2.56. The number of rotatable bonds is 2. The topological polar surface area (TPSA) is 104 Å². The van der Waals surface area contributed by atoms with Crippen molar-refractivity contribution < 1.29 is 9.63 Å². The molecule has 0 bridgehead atoms. The molecule has 6 N–H and O–H groups in total. The van der Waals surface area contributed by atoms with Crippen molar-refractivity contribution in [3.63, 3.8) is 0 Å². The van der Waals surface area contributed by atoms with E-state index in [1.54, 1.807) is 0 Å². The molecule has 0 aromatic heterocycles. The minimum Gasteiger partial charge on any atom is -0.371 e. The van der Waals surface area contributed by atoms with Gasteiger partial charge in [-0.2, -0.15) is 5.90 Å². The highest BCUT2D eigenvalue weighted by Gasteiger charge is 2.26. The summed E-state index contributed by atoms with van der Waals surface area (Å²) in [4.78, 5) is 14.1. The highest BCUT2D eigenvalue weighted by molar-refractivity contribution is 5.81. The number of hydrogen-bond donors (Lipinski definition) is 3. The van der Waals surface area contributed by atoms with Crippen molar-refractivity contribution in [2.45, 2.75) is 5.66 Å². The van der Waals surface area contributed by atoms with Gasteiger partial charge in [-0.1, -0.05) is 6.58 Å². The highest BCUT2D eigenvalue weighted by atomic mass is 16.7. The van der Waals surface area contributed by atoms with Gasteiger partial charge in [0.25, 0.3) is 0 Å². The molecule has 0 aromatic carbocycles. The molecule has 0 amide bonds. The first-order valence-electron chi connectivity index (χ1n) is 2.17. The van der Waals surface area contributed by atoms with E-state index >= 15 is 0 Å². The number of hydrogen-bond acceptors (Lipinski definition) is 5. The van der Waals surface area contributed by atoms with Crippen LogP contribution in [0.25, 0.3) is 0 Å². The molecule has 0 heterocycles. The number of carbonyl (C=O) groups is 1. The van der Waals surface area contributed by atoms with Gasteiger partial charge in [0.15, 0.2) is 5.66 Å². The summed E-state index contributed by atoms with van der Waals surface area (Å²) in [6, 6.07) is 0. The first kappa shape index (κ1) is 8.09. The maximum atomic E-state index is 10.4. The second-order valence-electron chi connectivity index (χ2n) is 1.54.